The Hall–Kier alpha value is -3.82. The van der Waals surface area contributed by atoms with Gasteiger partial charge in [0.05, 0.1) is 5.56 Å². The molecule has 2 heterocycles. The van der Waals surface area contributed by atoms with Gasteiger partial charge in [-0.25, -0.2) is 4.98 Å². The molecule has 0 fully saturated rings. The van der Waals surface area contributed by atoms with Gasteiger partial charge < -0.3 is 9.72 Å². The van der Waals surface area contributed by atoms with Crippen molar-refractivity contribution in [2.75, 3.05) is 0 Å². The van der Waals surface area contributed by atoms with Crippen LogP contribution in [0.4, 0.5) is 13.2 Å². The molecule has 0 aliphatic heterocycles. The van der Waals surface area contributed by atoms with Gasteiger partial charge in [-0.05, 0) is 42.5 Å². The first kappa shape index (κ1) is 19.0. The zero-order chi connectivity index (χ0) is 20.1. The van der Waals surface area contributed by atoms with E-state index in [1.165, 1.54) is 24.3 Å². The van der Waals surface area contributed by atoms with Gasteiger partial charge in [0, 0.05) is 24.0 Å². The van der Waals surface area contributed by atoms with Crippen LogP contribution in [0, 0.1) is 0 Å². The van der Waals surface area contributed by atoms with Crippen molar-refractivity contribution in [3.8, 4) is 11.6 Å². The van der Waals surface area contributed by atoms with Crippen molar-refractivity contribution in [3.05, 3.63) is 77.7 Å². The van der Waals surface area contributed by atoms with Gasteiger partial charge in [0.1, 0.15) is 11.4 Å². The molecular weight excluding hydrogens is 377 g/mol. The lowest BCUT2D eigenvalue weighted by Gasteiger charge is -2.09. The summed E-state index contributed by atoms with van der Waals surface area (Å²) in [6, 6.07) is 10.9. The van der Waals surface area contributed by atoms with Crippen LogP contribution in [0.25, 0.3) is 0 Å². The molecule has 3 N–H and O–H groups in total. The van der Waals surface area contributed by atoms with Gasteiger partial charge in [0.15, 0.2) is 0 Å². The summed E-state index contributed by atoms with van der Waals surface area (Å²) in [6.07, 6.45) is -2.23. The van der Waals surface area contributed by atoms with E-state index in [1.54, 1.807) is 18.3 Å². The standard InChI is InChI=1S/C18H13F3N4O3/c19-18(20,21)12-5-8-15(23-10-12)28-13-6-3-11(4-7-13)16(26)24-25-17(27)14-2-1-9-22-14/h1-10,22H,(H,24,26)(H,25,27). The van der Waals surface area contributed by atoms with E-state index in [0.717, 1.165) is 12.1 Å². The van der Waals surface area contributed by atoms with Crippen LogP contribution in [0.5, 0.6) is 11.6 Å². The molecule has 10 heteroatoms. The highest BCUT2D eigenvalue weighted by atomic mass is 19.4. The molecule has 0 atom stereocenters. The molecule has 0 aliphatic carbocycles. The lowest BCUT2D eigenvalue weighted by Crippen LogP contribution is -2.41. The maximum atomic E-state index is 12.5. The fraction of sp³-hybridized carbons (Fsp3) is 0.0556. The molecule has 0 saturated carbocycles. The number of amides is 2. The molecule has 2 amide bonds. The minimum atomic E-state index is -4.48. The molecular formula is C18H13F3N4O3. The number of hydrazine groups is 1. The first-order valence-electron chi connectivity index (χ1n) is 7.88. The van der Waals surface area contributed by atoms with E-state index in [9.17, 15) is 22.8 Å². The number of aromatic amines is 1. The van der Waals surface area contributed by atoms with Gasteiger partial charge in [-0.3, -0.25) is 20.4 Å². The Morgan fingerprint density at radius 2 is 1.68 bits per heavy atom. The highest BCUT2D eigenvalue weighted by Gasteiger charge is 2.30. The molecule has 0 radical (unpaired) electrons. The monoisotopic (exact) mass is 390 g/mol. The highest BCUT2D eigenvalue weighted by molar-refractivity contribution is 5.98. The zero-order valence-corrected chi connectivity index (χ0v) is 14.1. The first-order chi connectivity index (χ1) is 13.3. The fourth-order valence-electron chi connectivity index (χ4n) is 2.13. The Balaban J connectivity index is 1.57. The number of benzene rings is 1. The number of rotatable bonds is 4. The van der Waals surface area contributed by atoms with Crippen LogP contribution in [0.2, 0.25) is 0 Å². The molecule has 1 aromatic carbocycles. The Bertz CT molecular complexity index is 953. The number of H-pyrrole nitrogens is 1. The topological polar surface area (TPSA) is 96.1 Å². The predicted octanol–water partition coefficient (Wildman–Crippen LogP) is 3.30. The number of carbonyl (C=O) groups is 2. The number of hydrogen-bond acceptors (Lipinski definition) is 4. The molecule has 3 aromatic rings. The largest absolute Gasteiger partial charge is 0.439 e. The number of alkyl halides is 3. The normalized spacial score (nSPS) is 11.0. The molecule has 0 saturated heterocycles. The quantitative estimate of drug-likeness (QED) is 0.596. The third kappa shape index (κ3) is 4.67. The average Bonchev–Trinajstić information content (AvgIpc) is 3.21. The van der Waals surface area contributed by atoms with Crippen molar-refractivity contribution in [2.45, 2.75) is 6.18 Å². The minimum Gasteiger partial charge on any atom is -0.439 e. The number of aromatic nitrogens is 2. The third-order valence-corrected chi connectivity index (χ3v) is 3.53. The highest BCUT2D eigenvalue weighted by Crippen LogP contribution is 2.30. The minimum absolute atomic E-state index is 0.0246. The zero-order valence-electron chi connectivity index (χ0n) is 14.1. The van der Waals surface area contributed by atoms with E-state index >= 15 is 0 Å². The van der Waals surface area contributed by atoms with Crippen LogP contribution in [-0.2, 0) is 6.18 Å². The fourth-order valence-corrected chi connectivity index (χ4v) is 2.13. The van der Waals surface area contributed by atoms with Crippen molar-refractivity contribution in [2.24, 2.45) is 0 Å². The SMILES string of the molecule is O=C(NNC(=O)c1ccc[nH]1)c1ccc(Oc2ccc(C(F)(F)F)cn2)cc1. The summed E-state index contributed by atoms with van der Waals surface area (Å²) in [4.78, 5) is 30.0. The average molecular weight is 390 g/mol. The Kier molecular flexibility index (Phi) is 5.30. The second-order valence-electron chi connectivity index (χ2n) is 5.50. The summed E-state index contributed by atoms with van der Waals surface area (Å²) in [5, 5.41) is 0. The van der Waals surface area contributed by atoms with E-state index in [1.807, 2.05) is 0 Å². The maximum absolute atomic E-state index is 12.5. The lowest BCUT2D eigenvalue weighted by molar-refractivity contribution is -0.137. The van der Waals surface area contributed by atoms with E-state index in [-0.39, 0.29) is 22.9 Å². The summed E-state index contributed by atoms with van der Waals surface area (Å²) in [6.45, 7) is 0. The van der Waals surface area contributed by atoms with Gasteiger partial charge >= 0.3 is 6.18 Å². The van der Waals surface area contributed by atoms with E-state index in [2.05, 4.69) is 20.8 Å². The van der Waals surface area contributed by atoms with Crippen LogP contribution < -0.4 is 15.6 Å². The summed E-state index contributed by atoms with van der Waals surface area (Å²) < 4.78 is 42.9. The van der Waals surface area contributed by atoms with Gasteiger partial charge in [0.2, 0.25) is 5.88 Å². The molecule has 144 valence electrons. The number of ether oxygens (including phenoxy) is 1. The van der Waals surface area contributed by atoms with Gasteiger partial charge in [-0.15, -0.1) is 0 Å². The number of hydrogen-bond donors (Lipinski definition) is 3. The second kappa shape index (κ2) is 7.82. The lowest BCUT2D eigenvalue weighted by atomic mass is 10.2. The summed E-state index contributed by atoms with van der Waals surface area (Å²) in [5.41, 5.74) is 4.15. The number of halogens is 3. The molecule has 0 bridgehead atoms. The second-order valence-corrected chi connectivity index (χ2v) is 5.50. The molecule has 0 spiro atoms. The molecule has 0 unspecified atom stereocenters. The van der Waals surface area contributed by atoms with Crippen LogP contribution in [0.1, 0.15) is 26.4 Å². The van der Waals surface area contributed by atoms with Crippen molar-refractivity contribution in [1.82, 2.24) is 20.8 Å². The molecule has 3 rings (SSSR count). The summed E-state index contributed by atoms with van der Waals surface area (Å²) in [7, 11) is 0. The smallest absolute Gasteiger partial charge is 0.417 e. The van der Waals surface area contributed by atoms with Crippen LogP contribution >= 0.6 is 0 Å². The number of nitrogens with one attached hydrogen (secondary N) is 3. The van der Waals surface area contributed by atoms with Crippen molar-refractivity contribution < 1.29 is 27.5 Å². The summed E-state index contributed by atoms with van der Waals surface area (Å²) >= 11 is 0. The number of carbonyl (C=O) groups excluding carboxylic acids is 2. The van der Waals surface area contributed by atoms with Crippen molar-refractivity contribution >= 4 is 11.8 Å². The van der Waals surface area contributed by atoms with Crippen LogP contribution in [0.15, 0.2) is 60.9 Å². The van der Waals surface area contributed by atoms with E-state index < -0.39 is 23.6 Å². The van der Waals surface area contributed by atoms with Gasteiger partial charge in [-0.2, -0.15) is 13.2 Å². The van der Waals surface area contributed by atoms with Crippen LogP contribution in [0.3, 0.4) is 0 Å². The Labute approximate surface area is 156 Å². The molecule has 28 heavy (non-hydrogen) atoms. The van der Waals surface area contributed by atoms with Gasteiger partial charge in [0.25, 0.3) is 11.8 Å². The molecule has 7 nitrogen and oxygen atoms in total. The van der Waals surface area contributed by atoms with Crippen molar-refractivity contribution in [3.63, 3.8) is 0 Å². The van der Waals surface area contributed by atoms with E-state index in [4.69, 9.17) is 4.74 Å². The Morgan fingerprint density at radius 3 is 2.25 bits per heavy atom. The Morgan fingerprint density at radius 1 is 0.964 bits per heavy atom. The molecule has 0 aliphatic rings. The molecule has 2 aromatic heterocycles. The number of pyridine rings is 1. The maximum Gasteiger partial charge on any atom is 0.417 e. The van der Waals surface area contributed by atoms with E-state index in [0.29, 0.717) is 6.20 Å². The summed E-state index contributed by atoms with van der Waals surface area (Å²) in [5.74, 6) is -0.812. The predicted molar refractivity (Wildman–Crippen MR) is 91.5 cm³/mol. The van der Waals surface area contributed by atoms with Crippen LogP contribution in [-0.4, -0.2) is 21.8 Å². The van der Waals surface area contributed by atoms with Gasteiger partial charge in [-0.1, -0.05) is 0 Å². The number of nitrogens with zero attached hydrogens (tertiary/aromatic N) is 1. The third-order valence-electron chi connectivity index (χ3n) is 3.53. The first-order valence-corrected chi connectivity index (χ1v) is 7.88. The van der Waals surface area contributed by atoms with Crippen molar-refractivity contribution in [1.29, 1.82) is 0 Å².